The van der Waals surface area contributed by atoms with Crippen LogP contribution in [0.15, 0.2) is 84.9 Å². The second kappa shape index (κ2) is 9.37. The fourth-order valence-corrected chi connectivity index (χ4v) is 2.74. The van der Waals surface area contributed by atoms with Crippen molar-refractivity contribution in [1.29, 1.82) is 0 Å². The van der Waals surface area contributed by atoms with E-state index < -0.39 is 5.97 Å². The minimum Gasteiger partial charge on any atom is -0.508 e. The van der Waals surface area contributed by atoms with Crippen LogP contribution in [0, 0.1) is 0 Å². The van der Waals surface area contributed by atoms with E-state index in [1.165, 1.54) is 24.3 Å². The van der Waals surface area contributed by atoms with Gasteiger partial charge in [-0.05, 0) is 35.4 Å². The van der Waals surface area contributed by atoms with Crippen LogP contribution in [0.25, 0.3) is 0 Å². The highest BCUT2D eigenvalue weighted by Crippen LogP contribution is 2.13. The van der Waals surface area contributed by atoms with Crippen LogP contribution in [0.4, 0.5) is 0 Å². The Labute approximate surface area is 163 Å². The Kier molecular flexibility index (Phi) is 6.41. The summed E-state index contributed by atoms with van der Waals surface area (Å²) in [6, 6.07) is 25.0. The van der Waals surface area contributed by atoms with Crippen LogP contribution in [0.2, 0.25) is 0 Å². The predicted molar refractivity (Wildman–Crippen MR) is 106 cm³/mol. The van der Waals surface area contributed by atoms with Gasteiger partial charge in [-0.25, -0.2) is 4.79 Å². The van der Waals surface area contributed by atoms with Gasteiger partial charge >= 0.3 is 5.97 Å². The van der Waals surface area contributed by atoms with Gasteiger partial charge in [0.25, 0.3) is 5.91 Å². The minimum absolute atomic E-state index is 0.0597. The molecule has 5 nitrogen and oxygen atoms in total. The quantitative estimate of drug-likeness (QED) is 0.638. The molecule has 28 heavy (non-hydrogen) atoms. The van der Waals surface area contributed by atoms with Crippen molar-refractivity contribution in [1.82, 2.24) is 4.90 Å². The molecule has 3 aromatic carbocycles. The summed E-state index contributed by atoms with van der Waals surface area (Å²) in [4.78, 5) is 26.5. The zero-order chi connectivity index (χ0) is 19.8. The smallest absolute Gasteiger partial charge is 0.338 e. The first-order chi connectivity index (χ1) is 13.6. The number of phenolic OH excluding ortho intramolecular Hbond substituents is 1. The summed E-state index contributed by atoms with van der Waals surface area (Å²) in [5.41, 5.74) is 2.27. The van der Waals surface area contributed by atoms with E-state index in [1.54, 1.807) is 4.90 Å². The number of esters is 1. The molecule has 0 radical (unpaired) electrons. The van der Waals surface area contributed by atoms with Gasteiger partial charge in [-0.15, -0.1) is 0 Å². The first kappa shape index (κ1) is 19.2. The van der Waals surface area contributed by atoms with Crippen molar-refractivity contribution in [3.8, 4) is 5.75 Å². The third kappa shape index (κ3) is 5.45. The van der Waals surface area contributed by atoms with Gasteiger partial charge in [0.2, 0.25) is 0 Å². The minimum atomic E-state index is -0.604. The Hall–Kier alpha value is -3.60. The summed E-state index contributed by atoms with van der Waals surface area (Å²) in [5, 5.41) is 9.30. The van der Waals surface area contributed by atoms with Gasteiger partial charge < -0.3 is 14.7 Å². The normalized spacial score (nSPS) is 10.3. The van der Waals surface area contributed by atoms with Crippen LogP contribution in [0.3, 0.4) is 0 Å². The van der Waals surface area contributed by atoms with Gasteiger partial charge in [-0.1, -0.05) is 60.7 Å². The average Bonchev–Trinajstić information content (AvgIpc) is 2.73. The van der Waals surface area contributed by atoms with E-state index in [4.69, 9.17) is 4.74 Å². The fraction of sp³-hybridized carbons (Fsp3) is 0.130. The molecule has 0 atom stereocenters. The van der Waals surface area contributed by atoms with Crippen LogP contribution in [-0.4, -0.2) is 28.5 Å². The molecule has 5 heteroatoms. The highest BCUT2D eigenvalue weighted by atomic mass is 16.5. The highest BCUT2D eigenvalue weighted by molar-refractivity contribution is 5.91. The topological polar surface area (TPSA) is 66.8 Å². The van der Waals surface area contributed by atoms with Crippen LogP contribution in [-0.2, 0) is 22.6 Å². The summed E-state index contributed by atoms with van der Waals surface area (Å²) in [5.74, 6) is -0.822. The fourth-order valence-electron chi connectivity index (χ4n) is 2.74. The molecule has 1 N–H and O–H groups in total. The lowest BCUT2D eigenvalue weighted by molar-refractivity contribution is -0.135. The number of carbonyl (C=O) groups is 2. The first-order valence-corrected chi connectivity index (χ1v) is 8.93. The molecule has 0 aromatic heterocycles. The van der Waals surface area contributed by atoms with Crippen LogP contribution in [0.1, 0.15) is 21.5 Å². The summed E-state index contributed by atoms with van der Waals surface area (Å²) in [6.07, 6.45) is 0. The molecule has 0 unspecified atom stereocenters. The highest BCUT2D eigenvalue weighted by Gasteiger charge is 2.17. The van der Waals surface area contributed by atoms with Gasteiger partial charge in [0.1, 0.15) is 5.75 Å². The second-order valence-electron chi connectivity index (χ2n) is 6.34. The average molecular weight is 375 g/mol. The molecule has 0 saturated carbocycles. The molecular formula is C23H21NO4. The van der Waals surface area contributed by atoms with Crippen molar-refractivity contribution in [3.63, 3.8) is 0 Å². The summed E-state index contributed by atoms with van der Waals surface area (Å²) < 4.78 is 5.17. The van der Waals surface area contributed by atoms with Crippen molar-refractivity contribution in [2.45, 2.75) is 13.1 Å². The molecule has 142 valence electrons. The molecule has 0 fully saturated rings. The molecule has 3 rings (SSSR count). The number of carbonyl (C=O) groups excluding carboxylic acids is 2. The van der Waals surface area contributed by atoms with Crippen molar-refractivity contribution < 1.29 is 19.4 Å². The molecule has 0 bridgehead atoms. The Morgan fingerprint density at radius 3 is 1.75 bits per heavy atom. The Bertz CT molecular complexity index is 867. The van der Waals surface area contributed by atoms with Crippen molar-refractivity contribution >= 4 is 11.9 Å². The summed E-state index contributed by atoms with van der Waals surface area (Å²) in [6.45, 7) is 0.496. The zero-order valence-corrected chi connectivity index (χ0v) is 15.3. The monoisotopic (exact) mass is 375 g/mol. The lowest BCUT2D eigenvalue weighted by Crippen LogP contribution is -2.33. The number of nitrogens with zero attached hydrogens (tertiary/aromatic N) is 1. The van der Waals surface area contributed by atoms with E-state index >= 15 is 0 Å². The predicted octanol–water partition coefficient (Wildman–Crippen LogP) is 3.78. The zero-order valence-electron chi connectivity index (χ0n) is 15.3. The maximum absolute atomic E-state index is 12.8. The SMILES string of the molecule is O=C(OCC(=O)N(Cc1ccccc1)Cc1ccccc1)c1ccc(O)cc1. The molecule has 3 aromatic rings. The molecule has 0 aliphatic carbocycles. The Morgan fingerprint density at radius 1 is 0.750 bits per heavy atom. The van der Waals surface area contributed by atoms with Crippen LogP contribution >= 0.6 is 0 Å². The lowest BCUT2D eigenvalue weighted by Gasteiger charge is -2.23. The van der Waals surface area contributed by atoms with Crippen molar-refractivity contribution in [2.24, 2.45) is 0 Å². The van der Waals surface area contributed by atoms with Gasteiger partial charge in [-0.2, -0.15) is 0 Å². The van der Waals surface area contributed by atoms with E-state index in [2.05, 4.69) is 0 Å². The molecule has 0 heterocycles. The van der Waals surface area contributed by atoms with E-state index in [0.717, 1.165) is 11.1 Å². The van der Waals surface area contributed by atoms with Gasteiger partial charge in [-0.3, -0.25) is 4.79 Å². The maximum Gasteiger partial charge on any atom is 0.338 e. The molecular weight excluding hydrogens is 354 g/mol. The molecule has 0 aliphatic rings. The molecule has 0 aliphatic heterocycles. The third-order valence-corrected chi connectivity index (χ3v) is 4.21. The standard InChI is InChI=1S/C23H21NO4/c25-21-13-11-20(12-14-21)23(27)28-17-22(26)24(15-18-7-3-1-4-8-18)16-19-9-5-2-6-10-19/h1-14,25H,15-17H2. The Morgan fingerprint density at radius 2 is 1.25 bits per heavy atom. The van der Waals surface area contributed by atoms with E-state index in [9.17, 15) is 14.7 Å². The largest absolute Gasteiger partial charge is 0.508 e. The third-order valence-electron chi connectivity index (χ3n) is 4.21. The number of benzene rings is 3. The number of amides is 1. The molecule has 0 spiro atoms. The number of hydrogen-bond acceptors (Lipinski definition) is 4. The lowest BCUT2D eigenvalue weighted by atomic mass is 10.1. The van der Waals surface area contributed by atoms with Crippen molar-refractivity contribution in [2.75, 3.05) is 6.61 Å². The maximum atomic E-state index is 12.8. The number of hydrogen-bond donors (Lipinski definition) is 1. The number of phenols is 1. The summed E-state index contributed by atoms with van der Waals surface area (Å²) >= 11 is 0. The van der Waals surface area contributed by atoms with E-state index in [0.29, 0.717) is 13.1 Å². The van der Waals surface area contributed by atoms with E-state index in [-0.39, 0.29) is 23.8 Å². The summed E-state index contributed by atoms with van der Waals surface area (Å²) in [7, 11) is 0. The van der Waals surface area contributed by atoms with Gasteiger partial charge in [0, 0.05) is 13.1 Å². The molecule has 1 amide bonds. The number of rotatable bonds is 7. The van der Waals surface area contributed by atoms with Crippen LogP contribution in [0.5, 0.6) is 5.75 Å². The number of aromatic hydroxyl groups is 1. The van der Waals surface area contributed by atoms with Gasteiger partial charge in [0.15, 0.2) is 6.61 Å². The van der Waals surface area contributed by atoms with Crippen molar-refractivity contribution in [3.05, 3.63) is 102 Å². The van der Waals surface area contributed by atoms with Crippen LogP contribution < -0.4 is 0 Å². The number of ether oxygens (including phenoxy) is 1. The first-order valence-electron chi connectivity index (χ1n) is 8.93. The molecule has 0 saturated heterocycles. The van der Waals surface area contributed by atoms with Gasteiger partial charge in [0.05, 0.1) is 5.56 Å². The van der Waals surface area contributed by atoms with E-state index in [1.807, 2.05) is 60.7 Å². The Balaban J connectivity index is 1.66. The second-order valence-corrected chi connectivity index (χ2v) is 6.34.